The second-order valence-corrected chi connectivity index (χ2v) is 6.83. The van der Waals surface area contributed by atoms with E-state index in [4.69, 9.17) is 4.74 Å². The number of benzene rings is 2. The van der Waals surface area contributed by atoms with Gasteiger partial charge < -0.3 is 15.0 Å². The van der Waals surface area contributed by atoms with Crippen LogP contribution in [-0.2, 0) is 4.74 Å². The van der Waals surface area contributed by atoms with Crippen LogP contribution in [0.3, 0.4) is 0 Å². The van der Waals surface area contributed by atoms with Gasteiger partial charge in [0.25, 0.3) is 11.6 Å². The highest BCUT2D eigenvalue weighted by atomic mass is 79.9. The summed E-state index contributed by atoms with van der Waals surface area (Å²) in [7, 11) is 0. The third-order valence-electron chi connectivity index (χ3n) is 4.20. The van der Waals surface area contributed by atoms with Crippen molar-refractivity contribution >= 4 is 38.9 Å². The van der Waals surface area contributed by atoms with Gasteiger partial charge in [0.1, 0.15) is 0 Å². The molecule has 0 unspecified atom stereocenters. The number of hydrogen-bond acceptors (Lipinski definition) is 5. The van der Waals surface area contributed by atoms with Crippen LogP contribution in [0.1, 0.15) is 15.9 Å². The first-order valence-corrected chi connectivity index (χ1v) is 8.93. The van der Waals surface area contributed by atoms with Crippen molar-refractivity contribution < 1.29 is 14.5 Å². The molecule has 26 heavy (non-hydrogen) atoms. The predicted molar refractivity (Wildman–Crippen MR) is 103 cm³/mol. The number of halogens is 1. The normalized spacial score (nSPS) is 14.2. The predicted octanol–water partition coefficient (Wildman–Crippen LogP) is 3.75. The van der Waals surface area contributed by atoms with E-state index < -0.39 is 4.92 Å². The quantitative estimate of drug-likeness (QED) is 0.602. The molecule has 0 atom stereocenters. The maximum atomic E-state index is 12.8. The number of morpholine rings is 1. The van der Waals surface area contributed by atoms with Crippen LogP contribution in [0.4, 0.5) is 17.1 Å². The van der Waals surface area contributed by atoms with Gasteiger partial charge in [-0.1, -0.05) is 15.9 Å². The van der Waals surface area contributed by atoms with Gasteiger partial charge in [0.05, 0.1) is 29.4 Å². The maximum absolute atomic E-state index is 12.8. The smallest absolute Gasteiger partial charge is 0.270 e. The molecule has 1 aliphatic rings. The number of rotatable bonds is 4. The second kappa shape index (κ2) is 7.84. The van der Waals surface area contributed by atoms with Gasteiger partial charge in [-0.25, -0.2) is 0 Å². The third-order valence-corrected chi connectivity index (χ3v) is 5.09. The summed E-state index contributed by atoms with van der Waals surface area (Å²) in [5.41, 5.74) is 2.46. The summed E-state index contributed by atoms with van der Waals surface area (Å²) in [5, 5.41) is 14.0. The summed E-state index contributed by atoms with van der Waals surface area (Å²) in [6.45, 7) is 4.31. The molecule has 0 saturated carbocycles. The van der Waals surface area contributed by atoms with Crippen LogP contribution in [0.5, 0.6) is 0 Å². The van der Waals surface area contributed by atoms with Crippen molar-refractivity contribution in [1.29, 1.82) is 0 Å². The summed E-state index contributed by atoms with van der Waals surface area (Å²) in [5.74, 6) is -0.378. The van der Waals surface area contributed by atoms with E-state index in [2.05, 4.69) is 21.2 Å². The van der Waals surface area contributed by atoms with Crippen LogP contribution in [0, 0.1) is 17.0 Å². The number of ether oxygens (including phenoxy) is 1. The summed E-state index contributed by atoms with van der Waals surface area (Å²) in [6, 6.07) is 9.85. The Morgan fingerprint density at radius 2 is 1.96 bits per heavy atom. The molecular formula is C18H18BrN3O4. The number of hydrogen-bond donors (Lipinski definition) is 1. The van der Waals surface area contributed by atoms with Gasteiger partial charge in [-0.05, 0) is 36.8 Å². The van der Waals surface area contributed by atoms with Gasteiger partial charge in [-0.15, -0.1) is 0 Å². The molecule has 0 aromatic heterocycles. The molecule has 0 bridgehead atoms. The van der Waals surface area contributed by atoms with Crippen LogP contribution in [0.25, 0.3) is 0 Å². The number of carbonyl (C=O) groups excluding carboxylic acids is 1. The molecule has 8 heteroatoms. The van der Waals surface area contributed by atoms with Crippen LogP contribution in [0.15, 0.2) is 40.9 Å². The Morgan fingerprint density at radius 3 is 2.62 bits per heavy atom. The topological polar surface area (TPSA) is 84.7 Å². The molecule has 2 aromatic rings. The number of nitro benzene ring substituents is 1. The highest BCUT2D eigenvalue weighted by Gasteiger charge is 2.22. The van der Waals surface area contributed by atoms with Crippen molar-refractivity contribution in [2.24, 2.45) is 0 Å². The van der Waals surface area contributed by atoms with Crippen molar-refractivity contribution in [2.45, 2.75) is 6.92 Å². The summed E-state index contributed by atoms with van der Waals surface area (Å²) >= 11 is 3.42. The second-order valence-electron chi connectivity index (χ2n) is 5.98. The van der Waals surface area contributed by atoms with Gasteiger partial charge in [-0.2, -0.15) is 0 Å². The molecule has 1 heterocycles. The number of amides is 1. The first kappa shape index (κ1) is 18.3. The van der Waals surface area contributed by atoms with E-state index in [1.807, 2.05) is 24.0 Å². The summed E-state index contributed by atoms with van der Waals surface area (Å²) < 4.78 is 6.29. The van der Waals surface area contributed by atoms with E-state index in [1.54, 1.807) is 12.1 Å². The monoisotopic (exact) mass is 419 g/mol. The number of carbonyl (C=O) groups is 1. The highest BCUT2D eigenvalue weighted by molar-refractivity contribution is 9.10. The van der Waals surface area contributed by atoms with Gasteiger partial charge >= 0.3 is 0 Å². The van der Waals surface area contributed by atoms with E-state index in [9.17, 15) is 14.9 Å². The molecule has 1 fully saturated rings. The first-order valence-electron chi connectivity index (χ1n) is 8.14. The largest absolute Gasteiger partial charge is 0.378 e. The minimum absolute atomic E-state index is 0.112. The zero-order valence-electron chi connectivity index (χ0n) is 14.2. The minimum Gasteiger partial charge on any atom is -0.378 e. The van der Waals surface area contributed by atoms with Gasteiger partial charge in [-0.3, -0.25) is 14.9 Å². The number of anilines is 2. The van der Waals surface area contributed by atoms with Crippen molar-refractivity contribution in [3.63, 3.8) is 0 Å². The molecule has 0 aliphatic carbocycles. The van der Waals surface area contributed by atoms with E-state index in [1.165, 1.54) is 12.1 Å². The molecule has 2 aromatic carbocycles. The zero-order valence-corrected chi connectivity index (χ0v) is 15.8. The van der Waals surface area contributed by atoms with Gasteiger partial charge in [0, 0.05) is 35.4 Å². The van der Waals surface area contributed by atoms with E-state index in [0.29, 0.717) is 37.7 Å². The van der Waals surface area contributed by atoms with Crippen molar-refractivity contribution in [2.75, 3.05) is 36.5 Å². The molecule has 1 N–H and O–H groups in total. The van der Waals surface area contributed by atoms with E-state index >= 15 is 0 Å². The lowest BCUT2D eigenvalue weighted by molar-refractivity contribution is -0.384. The number of nitrogens with one attached hydrogen (secondary N) is 1. The fourth-order valence-electron chi connectivity index (χ4n) is 2.82. The van der Waals surface area contributed by atoms with Gasteiger partial charge in [0.2, 0.25) is 0 Å². The number of nitrogens with zero attached hydrogens (tertiary/aromatic N) is 2. The zero-order chi connectivity index (χ0) is 18.7. The molecule has 3 rings (SSSR count). The van der Waals surface area contributed by atoms with Gasteiger partial charge in [0.15, 0.2) is 0 Å². The lowest BCUT2D eigenvalue weighted by Crippen LogP contribution is -2.37. The molecule has 136 valence electrons. The molecule has 0 spiro atoms. The fraction of sp³-hybridized carbons (Fsp3) is 0.278. The summed E-state index contributed by atoms with van der Waals surface area (Å²) in [4.78, 5) is 25.5. The van der Waals surface area contributed by atoms with E-state index in [-0.39, 0.29) is 17.2 Å². The average molecular weight is 420 g/mol. The first-order chi connectivity index (χ1) is 12.5. The standard InChI is InChI=1S/C18H18BrN3O4/c1-12-10-13(2-4-16(12)19)20-18(23)15-11-14(22(24)25)3-5-17(15)21-6-8-26-9-7-21/h2-5,10-11H,6-9H2,1H3,(H,20,23). The number of non-ortho nitro benzene ring substituents is 1. The van der Waals surface area contributed by atoms with E-state index in [0.717, 1.165) is 10.0 Å². The Labute approximate surface area is 159 Å². The van der Waals surface area contributed by atoms with Crippen LogP contribution in [0.2, 0.25) is 0 Å². The Kier molecular flexibility index (Phi) is 5.53. The van der Waals surface area contributed by atoms with Crippen LogP contribution >= 0.6 is 15.9 Å². The molecule has 0 radical (unpaired) electrons. The van der Waals surface area contributed by atoms with Crippen molar-refractivity contribution in [3.05, 3.63) is 62.1 Å². The number of aryl methyl sites for hydroxylation is 1. The summed E-state index contributed by atoms with van der Waals surface area (Å²) in [6.07, 6.45) is 0. The Hall–Kier alpha value is -2.45. The van der Waals surface area contributed by atoms with Crippen molar-refractivity contribution in [1.82, 2.24) is 0 Å². The van der Waals surface area contributed by atoms with Crippen LogP contribution in [-0.4, -0.2) is 37.1 Å². The lowest BCUT2D eigenvalue weighted by atomic mass is 10.1. The molecule has 1 saturated heterocycles. The lowest BCUT2D eigenvalue weighted by Gasteiger charge is -2.30. The third kappa shape index (κ3) is 4.03. The molecule has 1 aliphatic heterocycles. The Bertz CT molecular complexity index is 850. The molecule has 1 amide bonds. The van der Waals surface area contributed by atoms with Crippen molar-refractivity contribution in [3.8, 4) is 0 Å². The molecular weight excluding hydrogens is 402 g/mol. The fourth-order valence-corrected chi connectivity index (χ4v) is 3.07. The minimum atomic E-state index is -0.496. The Morgan fingerprint density at radius 1 is 1.23 bits per heavy atom. The van der Waals surface area contributed by atoms with Crippen LogP contribution < -0.4 is 10.2 Å². The SMILES string of the molecule is Cc1cc(NC(=O)c2cc([N+](=O)[O-])ccc2N2CCOCC2)ccc1Br. The number of nitro groups is 1. The Balaban J connectivity index is 1.94. The molecule has 7 nitrogen and oxygen atoms in total. The average Bonchev–Trinajstić information content (AvgIpc) is 2.65. The highest BCUT2D eigenvalue weighted by Crippen LogP contribution is 2.28. The maximum Gasteiger partial charge on any atom is 0.270 e.